The fourth-order valence-electron chi connectivity index (χ4n) is 3.67. The maximum atomic E-state index is 13.3. The molecule has 0 aliphatic carbocycles. The van der Waals surface area contributed by atoms with E-state index in [9.17, 15) is 18.8 Å². The number of hydrogen-bond donors (Lipinski definition) is 4. The van der Waals surface area contributed by atoms with Crippen molar-refractivity contribution in [3.63, 3.8) is 0 Å². The van der Waals surface area contributed by atoms with Crippen molar-refractivity contribution in [1.29, 1.82) is 0 Å². The number of nitrogens with two attached hydrogens (primary N) is 1. The van der Waals surface area contributed by atoms with E-state index in [0.29, 0.717) is 30.0 Å². The molecule has 166 valence electrons. The predicted octanol–water partition coefficient (Wildman–Crippen LogP) is 0.974. The zero-order valence-corrected chi connectivity index (χ0v) is 17.2. The number of hydrogen-bond acceptors (Lipinski definition) is 5. The second-order valence-corrected chi connectivity index (χ2v) is 7.66. The number of rotatable bonds is 5. The van der Waals surface area contributed by atoms with Gasteiger partial charge in [-0.25, -0.2) is 9.37 Å². The first-order chi connectivity index (χ1) is 15.4. The molecule has 5 N–H and O–H groups in total. The Labute approximate surface area is 183 Å². The molecule has 32 heavy (non-hydrogen) atoms. The van der Waals surface area contributed by atoms with Gasteiger partial charge in [-0.05, 0) is 29.8 Å². The van der Waals surface area contributed by atoms with Gasteiger partial charge in [0.25, 0.3) is 5.91 Å². The molecule has 2 aromatic heterocycles. The van der Waals surface area contributed by atoms with Gasteiger partial charge in [-0.3, -0.25) is 14.4 Å². The summed E-state index contributed by atoms with van der Waals surface area (Å²) in [6.07, 6.45) is 1.90. The minimum atomic E-state index is -0.893. The van der Waals surface area contributed by atoms with E-state index >= 15 is 0 Å². The first-order valence-corrected chi connectivity index (χ1v) is 10.2. The average molecular weight is 438 g/mol. The number of aromatic nitrogens is 2. The number of amides is 3. The number of anilines is 1. The summed E-state index contributed by atoms with van der Waals surface area (Å²) in [5.74, 6) is -0.948. The van der Waals surface area contributed by atoms with E-state index in [1.807, 2.05) is 0 Å². The molecular formula is C22H23FN6O3. The standard InChI is InChI=1S/C22H23FN6O3/c23-15-3-1-13(2-4-15)9-17(22(32)29-7-5-20(30)25-6-8-29)28-21(31)16-10-14-11-19(24)26-12-18(14)27-16/h1-4,10-12,17,27H,5-9H2,(H2,24,26)(H,25,30)(H,28,31)/t17-/m0/s1. The molecule has 1 saturated heterocycles. The second-order valence-electron chi connectivity index (χ2n) is 7.66. The van der Waals surface area contributed by atoms with Crippen LogP contribution in [0.5, 0.6) is 0 Å². The highest BCUT2D eigenvalue weighted by atomic mass is 19.1. The number of carbonyl (C=O) groups is 3. The minimum absolute atomic E-state index is 0.120. The molecule has 4 rings (SSSR count). The maximum absolute atomic E-state index is 13.3. The molecule has 1 aliphatic heterocycles. The third-order valence-corrected chi connectivity index (χ3v) is 5.35. The number of H-pyrrole nitrogens is 1. The minimum Gasteiger partial charge on any atom is -0.384 e. The monoisotopic (exact) mass is 438 g/mol. The highest BCUT2D eigenvalue weighted by molar-refractivity contribution is 6.00. The van der Waals surface area contributed by atoms with Crippen LogP contribution < -0.4 is 16.4 Å². The molecule has 10 heteroatoms. The first-order valence-electron chi connectivity index (χ1n) is 10.2. The second kappa shape index (κ2) is 9.04. The molecule has 0 unspecified atom stereocenters. The lowest BCUT2D eigenvalue weighted by atomic mass is 10.0. The normalized spacial score (nSPS) is 15.2. The molecule has 0 saturated carbocycles. The Balaban J connectivity index is 1.56. The van der Waals surface area contributed by atoms with Crippen molar-refractivity contribution in [2.24, 2.45) is 0 Å². The summed E-state index contributed by atoms with van der Waals surface area (Å²) in [4.78, 5) is 46.4. The van der Waals surface area contributed by atoms with Crippen molar-refractivity contribution in [2.45, 2.75) is 18.9 Å². The highest BCUT2D eigenvalue weighted by Crippen LogP contribution is 2.17. The van der Waals surface area contributed by atoms with Crippen molar-refractivity contribution < 1.29 is 18.8 Å². The van der Waals surface area contributed by atoms with Gasteiger partial charge in [0.1, 0.15) is 23.4 Å². The Morgan fingerprint density at radius 2 is 2.00 bits per heavy atom. The van der Waals surface area contributed by atoms with Gasteiger partial charge in [-0.15, -0.1) is 0 Å². The number of aromatic amines is 1. The van der Waals surface area contributed by atoms with Crippen molar-refractivity contribution in [3.05, 3.63) is 59.7 Å². The van der Waals surface area contributed by atoms with E-state index < -0.39 is 11.9 Å². The van der Waals surface area contributed by atoms with E-state index in [4.69, 9.17) is 5.73 Å². The van der Waals surface area contributed by atoms with Crippen molar-refractivity contribution in [2.75, 3.05) is 25.4 Å². The number of nitrogens with one attached hydrogen (secondary N) is 3. The van der Waals surface area contributed by atoms with Gasteiger partial charge in [-0.2, -0.15) is 0 Å². The SMILES string of the molecule is Nc1cc2cc(C(=O)N[C@@H](Cc3ccc(F)cc3)C(=O)N3CCNC(=O)CC3)[nH]c2cn1. The first kappa shape index (κ1) is 21.3. The average Bonchev–Trinajstić information content (AvgIpc) is 3.07. The van der Waals surface area contributed by atoms with Crippen LogP contribution in [0.25, 0.3) is 10.9 Å². The van der Waals surface area contributed by atoms with E-state index in [2.05, 4.69) is 20.6 Å². The van der Waals surface area contributed by atoms with Crippen LogP contribution in [0, 0.1) is 5.82 Å². The van der Waals surface area contributed by atoms with Gasteiger partial charge in [0.15, 0.2) is 0 Å². The van der Waals surface area contributed by atoms with Gasteiger partial charge in [-0.1, -0.05) is 12.1 Å². The van der Waals surface area contributed by atoms with Crippen LogP contribution in [0.1, 0.15) is 22.5 Å². The fourth-order valence-corrected chi connectivity index (χ4v) is 3.67. The molecule has 0 radical (unpaired) electrons. The van der Waals surface area contributed by atoms with E-state index in [0.717, 1.165) is 5.39 Å². The Morgan fingerprint density at radius 3 is 2.78 bits per heavy atom. The number of carbonyl (C=O) groups excluding carboxylic acids is 3. The van der Waals surface area contributed by atoms with Crippen LogP contribution in [0.15, 0.2) is 42.6 Å². The zero-order chi connectivity index (χ0) is 22.7. The van der Waals surface area contributed by atoms with Gasteiger partial charge in [0.05, 0.1) is 11.7 Å². The van der Waals surface area contributed by atoms with Crippen LogP contribution in [0.2, 0.25) is 0 Å². The summed E-state index contributed by atoms with van der Waals surface area (Å²) < 4.78 is 13.3. The summed E-state index contributed by atoms with van der Waals surface area (Å²) in [6.45, 7) is 0.952. The lowest BCUT2D eigenvalue weighted by Crippen LogP contribution is -2.50. The van der Waals surface area contributed by atoms with E-state index in [1.165, 1.54) is 18.3 Å². The van der Waals surface area contributed by atoms with Crippen LogP contribution >= 0.6 is 0 Å². The largest absolute Gasteiger partial charge is 0.384 e. The molecule has 1 fully saturated rings. The molecule has 1 aliphatic rings. The molecule has 1 atom stereocenters. The maximum Gasteiger partial charge on any atom is 0.268 e. The van der Waals surface area contributed by atoms with Gasteiger partial charge in [0.2, 0.25) is 11.8 Å². The number of fused-ring (bicyclic) bond motifs is 1. The molecule has 3 heterocycles. The van der Waals surface area contributed by atoms with Crippen LogP contribution in [0.3, 0.4) is 0 Å². The molecular weight excluding hydrogens is 415 g/mol. The Morgan fingerprint density at radius 1 is 1.22 bits per heavy atom. The van der Waals surface area contributed by atoms with Gasteiger partial charge >= 0.3 is 0 Å². The predicted molar refractivity (Wildman–Crippen MR) is 116 cm³/mol. The summed E-state index contributed by atoms with van der Waals surface area (Å²) >= 11 is 0. The van der Waals surface area contributed by atoms with Gasteiger partial charge < -0.3 is 26.3 Å². The number of benzene rings is 1. The Kier molecular flexibility index (Phi) is 6.02. The van der Waals surface area contributed by atoms with E-state index in [-0.39, 0.29) is 42.7 Å². The third-order valence-electron chi connectivity index (χ3n) is 5.35. The van der Waals surface area contributed by atoms with Crippen LogP contribution in [-0.2, 0) is 16.0 Å². The van der Waals surface area contributed by atoms with Crippen LogP contribution in [-0.4, -0.2) is 58.3 Å². The zero-order valence-electron chi connectivity index (χ0n) is 17.2. The molecule has 0 spiro atoms. The number of nitrogen functional groups attached to an aromatic ring is 1. The number of pyridine rings is 1. The summed E-state index contributed by atoms with van der Waals surface area (Å²) in [5, 5.41) is 6.24. The Hall–Kier alpha value is -3.95. The van der Waals surface area contributed by atoms with E-state index in [1.54, 1.807) is 29.2 Å². The molecule has 3 aromatic rings. The van der Waals surface area contributed by atoms with Crippen molar-refractivity contribution >= 4 is 34.4 Å². The fraction of sp³-hybridized carbons (Fsp3) is 0.273. The number of halogens is 1. The van der Waals surface area contributed by atoms with Crippen molar-refractivity contribution in [3.8, 4) is 0 Å². The molecule has 3 amide bonds. The van der Waals surface area contributed by atoms with Crippen LogP contribution in [0.4, 0.5) is 10.2 Å². The van der Waals surface area contributed by atoms with Crippen molar-refractivity contribution in [1.82, 2.24) is 25.5 Å². The molecule has 1 aromatic carbocycles. The quantitative estimate of drug-likeness (QED) is 0.471. The smallest absolute Gasteiger partial charge is 0.268 e. The molecule has 9 nitrogen and oxygen atoms in total. The number of nitrogens with zero attached hydrogens (tertiary/aromatic N) is 2. The summed E-state index contributed by atoms with van der Waals surface area (Å²) in [5.41, 5.74) is 7.30. The lowest BCUT2D eigenvalue weighted by Gasteiger charge is -2.26. The summed E-state index contributed by atoms with van der Waals surface area (Å²) in [7, 11) is 0. The Bertz CT molecular complexity index is 1160. The molecule has 0 bridgehead atoms. The third kappa shape index (κ3) is 4.85. The van der Waals surface area contributed by atoms with Gasteiger partial charge in [0, 0.05) is 37.9 Å². The highest BCUT2D eigenvalue weighted by Gasteiger charge is 2.28. The lowest BCUT2D eigenvalue weighted by molar-refractivity contribution is -0.133. The summed E-state index contributed by atoms with van der Waals surface area (Å²) in [6, 6.07) is 8.15. The topological polar surface area (TPSA) is 133 Å².